The smallest absolute Gasteiger partial charge is 0.344 e. The van der Waals surface area contributed by atoms with Crippen LogP contribution in [0.3, 0.4) is 0 Å². The van der Waals surface area contributed by atoms with Crippen molar-refractivity contribution in [2.75, 3.05) is 13.2 Å². The largest absolute Gasteiger partial charge is 0.481 e. The van der Waals surface area contributed by atoms with Gasteiger partial charge in [-0.15, -0.1) is 0 Å². The highest BCUT2D eigenvalue weighted by molar-refractivity contribution is 5.99. The fourth-order valence-electron chi connectivity index (χ4n) is 2.99. The van der Waals surface area contributed by atoms with Crippen LogP contribution in [0.2, 0.25) is 0 Å². The van der Waals surface area contributed by atoms with Crippen molar-refractivity contribution < 1.29 is 19.1 Å². The van der Waals surface area contributed by atoms with E-state index in [1.54, 1.807) is 12.1 Å². The van der Waals surface area contributed by atoms with Gasteiger partial charge in [0.05, 0.1) is 0 Å². The van der Waals surface area contributed by atoms with Crippen molar-refractivity contribution >= 4 is 11.8 Å². The van der Waals surface area contributed by atoms with Crippen molar-refractivity contribution in [1.29, 1.82) is 0 Å². The number of esters is 1. The minimum Gasteiger partial charge on any atom is -0.481 e. The molecule has 0 spiro atoms. The van der Waals surface area contributed by atoms with Crippen molar-refractivity contribution in [3.8, 4) is 16.9 Å². The number of ether oxygens (including phenoxy) is 2. The number of carbonyl (C=O) groups is 2. The lowest BCUT2D eigenvalue weighted by atomic mass is 10.1. The lowest BCUT2D eigenvalue weighted by Gasteiger charge is -2.11. The standard InChI is InChI=1S/C23H23NO4/c1-16-13-20(17(2)24(16)3)21(25)14-28-23(26)15-27-22-12-8-7-11-19(22)18-9-5-4-6-10-18/h4-13H,14-15H2,1-3H3. The summed E-state index contributed by atoms with van der Waals surface area (Å²) in [6, 6.07) is 19.1. The van der Waals surface area contributed by atoms with E-state index in [1.165, 1.54) is 0 Å². The molecule has 0 radical (unpaired) electrons. The number of carbonyl (C=O) groups excluding carboxylic acids is 2. The summed E-state index contributed by atoms with van der Waals surface area (Å²) in [5, 5.41) is 0. The molecule has 0 bridgehead atoms. The molecule has 2 aromatic carbocycles. The maximum absolute atomic E-state index is 12.3. The van der Waals surface area contributed by atoms with Crippen molar-refractivity contribution in [2.45, 2.75) is 13.8 Å². The van der Waals surface area contributed by atoms with E-state index < -0.39 is 5.97 Å². The third-order valence-electron chi connectivity index (χ3n) is 4.76. The molecule has 0 saturated heterocycles. The maximum atomic E-state index is 12.3. The summed E-state index contributed by atoms with van der Waals surface area (Å²) in [6.45, 7) is 3.23. The predicted octanol–water partition coefficient (Wildman–Crippen LogP) is 4.11. The van der Waals surface area contributed by atoms with E-state index in [0.29, 0.717) is 11.3 Å². The molecule has 5 heteroatoms. The molecule has 0 saturated carbocycles. The summed E-state index contributed by atoms with van der Waals surface area (Å²) in [7, 11) is 1.89. The summed E-state index contributed by atoms with van der Waals surface area (Å²) in [4.78, 5) is 24.4. The average Bonchev–Trinajstić information content (AvgIpc) is 2.98. The molecule has 3 rings (SSSR count). The molecule has 28 heavy (non-hydrogen) atoms. The Balaban J connectivity index is 1.58. The zero-order chi connectivity index (χ0) is 20.1. The zero-order valence-corrected chi connectivity index (χ0v) is 16.3. The number of hydrogen-bond donors (Lipinski definition) is 0. The number of hydrogen-bond acceptors (Lipinski definition) is 4. The van der Waals surface area contributed by atoms with Gasteiger partial charge in [0.2, 0.25) is 5.78 Å². The van der Waals surface area contributed by atoms with Crippen LogP contribution in [0.5, 0.6) is 5.75 Å². The van der Waals surface area contributed by atoms with Crippen LogP contribution in [0, 0.1) is 13.8 Å². The molecule has 0 unspecified atom stereocenters. The first-order chi connectivity index (χ1) is 13.5. The Labute approximate surface area is 164 Å². The van der Waals surface area contributed by atoms with Crippen molar-refractivity contribution in [1.82, 2.24) is 4.57 Å². The van der Waals surface area contributed by atoms with Crippen LogP contribution < -0.4 is 4.74 Å². The number of ketones is 1. The molecule has 5 nitrogen and oxygen atoms in total. The molecule has 0 N–H and O–H groups in total. The quantitative estimate of drug-likeness (QED) is 0.459. The zero-order valence-electron chi connectivity index (χ0n) is 16.3. The van der Waals surface area contributed by atoms with Gasteiger partial charge in [0, 0.05) is 29.6 Å². The lowest BCUT2D eigenvalue weighted by Crippen LogP contribution is -2.20. The normalized spacial score (nSPS) is 10.5. The number of Topliss-reactive ketones (excluding diaryl/α,β-unsaturated/α-hetero) is 1. The van der Waals surface area contributed by atoms with E-state index in [-0.39, 0.29) is 19.0 Å². The van der Waals surface area contributed by atoms with Crippen LogP contribution in [0.4, 0.5) is 0 Å². The molecule has 0 amide bonds. The van der Waals surface area contributed by atoms with Crippen molar-refractivity contribution in [2.24, 2.45) is 7.05 Å². The fraction of sp³-hybridized carbons (Fsp3) is 0.217. The van der Waals surface area contributed by atoms with E-state index in [4.69, 9.17) is 9.47 Å². The number of aryl methyl sites for hydroxylation is 1. The topological polar surface area (TPSA) is 57.5 Å². The highest BCUT2D eigenvalue weighted by Gasteiger charge is 2.16. The predicted molar refractivity (Wildman–Crippen MR) is 108 cm³/mol. The van der Waals surface area contributed by atoms with E-state index in [1.807, 2.05) is 74.0 Å². The van der Waals surface area contributed by atoms with Gasteiger partial charge >= 0.3 is 5.97 Å². The Morgan fingerprint density at radius 1 is 0.929 bits per heavy atom. The van der Waals surface area contributed by atoms with Crippen LogP contribution in [0.25, 0.3) is 11.1 Å². The van der Waals surface area contributed by atoms with Crippen molar-refractivity contribution in [3.63, 3.8) is 0 Å². The maximum Gasteiger partial charge on any atom is 0.344 e. The molecule has 0 aliphatic rings. The van der Waals surface area contributed by atoms with Gasteiger partial charge in [-0.2, -0.15) is 0 Å². The first-order valence-electron chi connectivity index (χ1n) is 9.06. The molecular formula is C23H23NO4. The van der Waals surface area contributed by atoms with E-state index in [9.17, 15) is 9.59 Å². The number of aromatic nitrogens is 1. The Kier molecular flexibility index (Phi) is 5.94. The van der Waals surface area contributed by atoms with E-state index in [0.717, 1.165) is 22.5 Å². The SMILES string of the molecule is Cc1cc(C(=O)COC(=O)COc2ccccc2-c2ccccc2)c(C)n1C. The second-order valence-corrected chi connectivity index (χ2v) is 6.58. The second-order valence-electron chi connectivity index (χ2n) is 6.58. The van der Waals surface area contributed by atoms with Gasteiger partial charge in [-0.1, -0.05) is 48.5 Å². The molecule has 0 fully saturated rings. The number of nitrogens with zero attached hydrogens (tertiary/aromatic N) is 1. The van der Waals surface area contributed by atoms with Gasteiger partial charge in [-0.05, 0) is 31.5 Å². The van der Waals surface area contributed by atoms with Crippen LogP contribution in [0.15, 0.2) is 60.7 Å². The molecule has 1 heterocycles. The summed E-state index contributed by atoms with van der Waals surface area (Å²) in [5.74, 6) is -0.215. The third kappa shape index (κ3) is 4.31. The number of para-hydroxylation sites is 1. The minimum atomic E-state index is -0.582. The monoisotopic (exact) mass is 377 g/mol. The Morgan fingerprint density at radius 2 is 1.61 bits per heavy atom. The molecule has 0 atom stereocenters. The lowest BCUT2D eigenvalue weighted by molar-refractivity contribution is -0.144. The highest BCUT2D eigenvalue weighted by Crippen LogP contribution is 2.29. The summed E-state index contributed by atoms with van der Waals surface area (Å²) >= 11 is 0. The van der Waals surface area contributed by atoms with Crippen LogP contribution in [-0.4, -0.2) is 29.5 Å². The van der Waals surface area contributed by atoms with Crippen molar-refractivity contribution in [3.05, 3.63) is 77.6 Å². The van der Waals surface area contributed by atoms with Gasteiger partial charge in [0.25, 0.3) is 0 Å². The first kappa shape index (κ1) is 19.4. The van der Waals surface area contributed by atoms with Gasteiger partial charge in [0.1, 0.15) is 5.75 Å². The molecule has 0 aliphatic carbocycles. The average molecular weight is 377 g/mol. The van der Waals surface area contributed by atoms with E-state index in [2.05, 4.69) is 0 Å². The summed E-state index contributed by atoms with van der Waals surface area (Å²) < 4.78 is 12.7. The fourth-order valence-corrected chi connectivity index (χ4v) is 2.99. The van der Waals surface area contributed by atoms with Gasteiger partial charge in [-0.25, -0.2) is 4.79 Å². The molecule has 0 aliphatic heterocycles. The highest BCUT2D eigenvalue weighted by atomic mass is 16.6. The van der Waals surface area contributed by atoms with Crippen LogP contribution >= 0.6 is 0 Å². The second kappa shape index (κ2) is 8.57. The first-order valence-corrected chi connectivity index (χ1v) is 9.06. The molecule has 3 aromatic rings. The van der Waals surface area contributed by atoms with Crippen LogP contribution in [0.1, 0.15) is 21.7 Å². The summed E-state index contributed by atoms with van der Waals surface area (Å²) in [6.07, 6.45) is 0. The van der Waals surface area contributed by atoms with Gasteiger partial charge < -0.3 is 14.0 Å². The Morgan fingerprint density at radius 3 is 2.29 bits per heavy atom. The molecular weight excluding hydrogens is 354 g/mol. The summed E-state index contributed by atoms with van der Waals surface area (Å²) in [5.41, 5.74) is 4.29. The van der Waals surface area contributed by atoms with Gasteiger partial charge in [0.15, 0.2) is 13.2 Å². The van der Waals surface area contributed by atoms with E-state index >= 15 is 0 Å². The van der Waals surface area contributed by atoms with Crippen LogP contribution in [-0.2, 0) is 16.6 Å². The Hall–Kier alpha value is -3.34. The molecule has 144 valence electrons. The Bertz CT molecular complexity index is 989. The molecule has 1 aromatic heterocycles. The third-order valence-corrected chi connectivity index (χ3v) is 4.76. The minimum absolute atomic E-state index is 0.223. The number of benzene rings is 2. The van der Waals surface area contributed by atoms with Gasteiger partial charge in [-0.3, -0.25) is 4.79 Å². The number of rotatable bonds is 7.